The number of aliphatic carboxylic acids is 1. The lowest BCUT2D eigenvalue weighted by Gasteiger charge is -2.35. The molecule has 1 aromatic rings. The van der Waals surface area contributed by atoms with Crippen molar-refractivity contribution < 1.29 is 14.6 Å². The Bertz CT molecular complexity index is 462. The largest absolute Gasteiger partial charge is 0.493 e. The van der Waals surface area contributed by atoms with Gasteiger partial charge in [-0.2, -0.15) is 0 Å². The Labute approximate surface area is 119 Å². The van der Waals surface area contributed by atoms with E-state index in [0.717, 1.165) is 30.8 Å². The van der Waals surface area contributed by atoms with Crippen molar-refractivity contribution in [3.63, 3.8) is 0 Å². The fraction of sp³-hybridized carbons (Fsp3) is 0.533. The molecular formula is C15H22N2O3. The van der Waals surface area contributed by atoms with E-state index in [9.17, 15) is 4.79 Å². The third-order valence-electron chi connectivity index (χ3n) is 3.54. The van der Waals surface area contributed by atoms with Gasteiger partial charge in [0.05, 0.1) is 13.2 Å². The first-order valence-electron chi connectivity index (χ1n) is 6.90. The molecule has 0 spiro atoms. The molecule has 20 heavy (non-hydrogen) atoms. The second-order valence-electron chi connectivity index (χ2n) is 5.36. The van der Waals surface area contributed by atoms with Gasteiger partial charge in [-0.1, -0.05) is 18.2 Å². The Morgan fingerprint density at radius 1 is 1.35 bits per heavy atom. The van der Waals surface area contributed by atoms with Gasteiger partial charge in [0.1, 0.15) is 5.75 Å². The van der Waals surface area contributed by atoms with Gasteiger partial charge in [0.15, 0.2) is 0 Å². The number of rotatable bonds is 6. The van der Waals surface area contributed by atoms with E-state index in [0.29, 0.717) is 6.61 Å². The number of fused-ring (bicyclic) bond motifs is 1. The summed E-state index contributed by atoms with van der Waals surface area (Å²) in [5, 5.41) is 9.14. The van der Waals surface area contributed by atoms with Crippen LogP contribution in [0.3, 0.4) is 0 Å². The van der Waals surface area contributed by atoms with Crippen LogP contribution < -0.4 is 4.74 Å². The van der Waals surface area contributed by atoms with Crippen LogP contribution in [0.15, 0.2) is 24.3 Å². The normalized spacial score (nSPS) is 17.9. The molecule has 0 aromatic heterocycles. The second-order valence-corrected chi connectivity index (χ2v) is 5.36. The minimum atomic E-state index is -0.785. The zero-order valence-corrected chi connectivity index (χ0v) is 12.1. The van der Waals surface area contributed by atoms with Crippen LogP contribution in [0.5, 0.6) is 5.75 Å². The van der Waals surface area contributed by atoms with Crippen molar-refractivity contribution >= 4 is 5.97 Å². The fourth-order valence-corrected chi connectivity index (χ4v) is 2.55. The minimum Gasteiger partial charge on any atom is -0.493 e. The van der Waals surface area contributed by atoms with Crippen molar-refractivity contribution in [1.82, 2.24) is 9.80 Å². The van der Waals surface area contributed by atoms with Crippen LogP contribution in [0.2, 0.25) is 0 Å². The predicted octanol–water partition coefficient (Wildman–Crippen LogP) is 1.46. The Hall–Kier alpha value is -1.59. The number of benzene rings is 1. The van der Waals surface area contributed by atoms with Gasteiger partial charge in [-0.15, -0.1) is 0 Å². The summed E-state index contributed by atoms with van der Waals surface area (Å²) in [5.41, 5.74) is 1.10. The maximum atomic E-state index is 11.1. The maximum absolute atomic E-state index is 11.1. The third kappa shape index (κ3) is 3.71. The summed E-state index contributed by atoms with van der Waals surface area (Å²) < 4.78 is 5.65. The molecule has 1 aliphatic rings. The topological polar surface area (TPSA) is 53.0 Å². The van der Waals surface area contributed by atoms with Crippen LogP contribution in [0.25, 0.3) is 0 Å². The molecule has 0 saturated carbocycles. The first-order valence-corrected chi connectivity index (χ1v) is 6.90. The van der Waals surface area contributed by atoms with Crippen molar-refractivity contribution in [1.29, 1.82) is 0 Å². The monoisotopic (exact) mass is 278 g/mol. The van der Waals surface area contributed by atoms with Crippen LogP contribution in [0.1, 0.15) is 18.0 Å². The van der Waals surface area contributed by atoms with E-state index in [1.54, 1.807) is 0 Å². The average molecular weight is 278 g/mol. The van der Waals surface area contributed by atoms with Gasteiger partial charge in [0.2, 0.25) is 0 Å². The summed E-state index contributed by atoms with van der Waals surface area (Å²) in [6.07, 6.45) is 0.831. The molecule has 1 aliphatic heterocycles. The third-order valence-corrected chi connectivity index (χ3v) is 3.54. The van der Waals surface area contributed by atoms with E-state index in [4.69, 9.17) is 9.84 Å². The summed E-state index contributed by atoms with van der Waals surface area (Å²) in [5.74, 6) is 0.0942. The highest BCUT2D eigenvalue weighted by Gasteiger charge is 2.27. The molecule has 1 unspecified atom stereocenters. The molecule has 0 bridgehead atoms. The van der Waals surface area contributed by atoms with Crippen LogP contribution >= 0.6 is 0 Å². The number of hydrogen-bond acceptors (Lipinski definition) is 4. The zero-order chi connectivity index (χ0) is 14.5. The number of carboxylic acid groups (broad SMARTS) is 1. The van der Waals surface area contributed by atoms with E-state index in [1.165, 1.54) is 0 Å². The van der Waals surface area contributed by atoms with Crippen molar-refractivity contribution in [2.75, 3.05) is 40.3 Å². The molecule has 0 fully saturated rings. The first kappa shape index (κ1) is 14.8. The summed E-state index contributed by atoms with van der Waals surface area (Å²) in [4.78, 5) is 15.2. The number of ether oxygens (including phenoxy) is 1. The maximum Gasteiger partial charge on any atom is 0.317 e. The summed E-state index contributed by atoms with van der Waals surface area (Å²) in [6.45, 7) is 2.28. The average Bonchev–Trinajstić information content (AvgIpc) is 2.42. The smallest absolute Gasteiger partial charge is 0.317 e. The van der Waals surface area contributed by atoms with E-state index >= 15 is 0 Å². The number of nitrogens with zero attached hydrogens (tertiary/aromatic N) is 2. The number of para-hydroxylation sites is 1. The van der Waals surface area contributed by atoms with Crippen LogP contribution in [-0.4, -0.2) is 61.2 Å². The lowest BCUT2D eigenvalue weighted by molar-refractivity contribution is -0.139. The minimum absolute atomic E-state index is 0.0623. The van der Waals surface area contributed by atoms with Crippen molar-refractivity contribution in [3.8, 4) is 5.75 Å². The highest BCUT2D eigenvalue weighted by Crippen LogP contribution is 2.35. The number of carboxylic acids is 1. The molecule has 1 heterocycles. The lowest BCUT2D eigenvalue weighted by Crippen LogP contribution is -2.40. The van der Waals surface area contributed by atoms with Crippen LogP contribution in [0.4, 0.5) is 0 Å². The van der Waals surface area contributed by atoms with Crippen LogP contribution in [0, 0.1) is 0 Å². The summed E-state index contributed by atoms with van der Waals surface area (Å²) >= 11 is 0. The summed E-state index contributed by atoms with van der Waals surface area (Å²) in [7, 11) is 3.99. The molecule has 0 aliphatic carbocycles. The van der Waals surface area contributed by atoms with Gasteiger partial charge in [-0.3, -0.25) is 9.69 Å². The van der Waals surface area contributed by atoms with Gasteiger partial charge < -0.3 is 14.7 Å². The molecular weight excluding hydrogens is 256 g/mol. The van der Waals surface area contributed by atoms with Crippen LogP contribution in [-0.2, 0) is 4.79 Å². The van der Waals surface area contributed by atoms with Gasteiger partial charge in [-0.25, -0.2) is 0 Å². The van der Waals surface area contributed by atoms with Gasteiger partial charge >= 0.3 is 5.97 Å². The van der Waals surface area contributed by atoms with Crippen molar-refractivity contribution in [2.24, 2.45) is 0 Å². The van der Waals surface area contributed by atoms with Gasteiger partial charge in [0.25, 0.3) is 0 Å². The van der Waals surface area contributed by atoms with E-state index in [2.05, 4.69) is 4.90 Å². The first-order chi connectivity index (χ1) is 9.58. The molecule has 5 heteroatoms. The Kier molecular flexibility index (Phi) is 4.98. The molecule has 0 saturated heterocycles. The Balaban J connectivity index is 2.18. The van der Waals surface area contributed by atoms with E-state index < -0.39 is 5.97 Å². The Morgan fingerprint density at radius 3 is 2.80 bits per heavy atom. The fourth-order valence-electron chi connectivity index (χ4n) is 2.55. The molecule has 110 valence electrons. The number of likely N-dealkylation sites (N-methyl/N-ethyl adjacent to an activating group) is 1. The molecule has 1 N–H and O–H groups in total. The highest BCUT2D eigenvalue weighted by atomic mass is 16.5. The Morgan fingerprint density at radius 2 is 2.10 bits per heavy atom. The number of carbonyl (C=O) groups is 1. The molecule has 2 rings (SSSR count). The van der Waals surface area contributed by atoms with Gasteiger partial charge in [-0.05, 0) is 20.2 Å². The van der Waals surface area contributed by atoms with E-state index in [-0.39, 0.29) is 12.6 Å². The molecule has 5 nitrogen and oxygen atoms in total. The van der Waals surface area contributed by atoms with E-state index in [1.807, 2.05) is 43.3 Å². The second kappa shape index (κ2) is 6.72. The standard InChI is InChI=1S/C15H22N2O3/c1-16(2)8-9-17(11-15(18)19)13-7-10-20-14-6-4-3-5-12(13)14/h3-6,13H,7-11H2,1-2H3,(H,18,19). The van der Waals surface area contributed by atoms with Crippen molar-refractivity contribution in [3.05, 3.63) is 29.8 Å². The summed E-state index contributed by atoms with van der Waals surface area (Å²) in [6, 6.07) is 8.03. The predicted molar refractivity (Wildman–Crippen MR) is 77.1 cm³/mol. The lowest BCUT2D eigenvalue weighted by atomic mass is 9.99. The highest BCUT2D eigenvalue weighted by molar-refractivity contribution is 5.69. The molecule has 0 amide bonds. The number of hydrogen-bond donors (Lipinski definition) is 1. The zero-order valence-electron chi connectivity index (χ0n) is 12.1. The SMILES string of the molecule is CN(C)CCN(CC(=O)O)C1CCOc2ccccc21. The van der Waals surface area contributed by atoms with Crippen molar-refractivity contribution in [2.45, 2.75) is 12.5 Å². The molecule has 0 radical (unpaired) electrons. The quantitative estimate of drug-likeness (QED) is 0.854. The molecule has 1 aromatic carbocycles. The van der Waals surface area contributed by atoms with Gasteiger partial charge in [0, 0.05) is 31.1 Å². The molecule has 1 atom stereocenters.